The highest BCUT2D eigenvalue weighted by molar-refractivity contribution is 7.97. The molecule has 0 aliphatic rings. The van der Waals surface area contributed by atoms with Gasteiger partial charge in [-0.3, -0.25) is 4.79 Å². The van der Waals surface area contributed by atoms with E-state index in [-0.39, 0.29) is 10.9 Å². The lowest BCUT2D eigenvalue weighted by atomic mass is 10.5. The molecule has 0 aromatic carbocycles. The summed E-state index contributed by atoms with van der Waals surface area (Å²) in [6.45, 7) is 0. The van der Waals surface area contributed by atoms with Gasteiger partial charge in [0.2, 0.25) is 0 Å². The van der Waals surface area contributed by atoms with E-state index < -0.39 is 0 Å². The fraction of sp³-hybridized carbons (Fsp3) is 0.167. The lowest BCUT2D eigenvalue weighted by Crippen LogP contribution is -1.85. The molecule has 0 saturated carbocycles. The Balaban J connectivity index is 2.88. The largest absolute Gasteiger partial charge is 0.437 e. The summed E-state index contributed by atoms with van der Waals surface area (Å²) >= 11 is 3.58. The smallest absolute Gasteiger partial charge is 0.251 e. The predicted molar refractivity (Wildman–Crippen MR) is 41.6 cm³/mol. The normalized spacial score (nSPS) is 9.40. The van der Waals surface area contributed by atoms with Crippen molar-refractivity contribution in [2.45, 2.75) is 0 Å². The number of carbonyl (C=O) groups excluding carboxylic acids is 1. The molecule has 1 heterocycles. The minimum Gasteiger partial charge on any atom is -0.437 e. The van der Waals surface area contributed by atoms with Crippen molar-refractivity contribution >= 4 is 23.6 Å². The molecular weight excluding hydrogens is 150 g/mol. The summed E-state index contributed by atoms with van der Waals surface area (Å²) < 4.78 is 4.96. The first-order valence-electron chi connectivity index (χ1n) is 2.75. The molecule has 3 nitrogen and oxygen atoms in total. The van der Waals surface area contributed by atoms with Crippen LogP contribution in [0.1, 0.15) is 10.6 Å². The van der Waals surface area contributed by atoms with Crippen LogP contribution in [-0.4, -0.2) is 12.2 Å². The van der Waals surface area contributed by atoms with Crippen LogP contribution in [0.25, 0.3) is 0 Å². The first kappa shape index (κ1) is 7.21. The Morgan fingerprint density at radius 3 is 2.70 bits per heavy atom. The summed E-state index contributed by atoms with van der Waals surface area (Å²) in [5.41, 5.74) is 0. The van der Waals surface area contributed by atoms with Gasteiger partial charge in [0, 0.05) is 13.1 Å². The van der Waals surface area contributed by atoms with E-state index in [0.29, 0.717) is 5.88 Å². The number of thiol groups is 1. The van der Waals surface area contributed by atoms with Crippen molar-refractivity contribution in [3.63, 3.8) is 0 Å². The average molecular weight is 157 g/mol. The highest BCUT2D eigenvalue weighted by Gasteiger charge is 2.04. The third kappa shape index (κ3) is 1.33. The Hall–Kier alpha value is -0.900. The zero-order chi connectivity index (χ0) is 7.56. The minimum absolute atomic E-state index is 0.257. The molecule has 1 aromatic rings. The number of hydrogen-bond donors (Lipinski definition) is 2. The molecule has 4 heteroatoms. The van der Waals surface area contributed by atoms with Crippen molar-refractivity contribution in [1.82, 2.24) is 0 Å². The second kappa shape index (κ2) is 2.79. The molecule has 1 N–H and O–H groups in total. The molecule has 0 saturated heterocycles. The van der Waals surface area contributed by atoms with Crippen LogP contribution in [0.5, 0.6) is 0 Å². The van der Waals surface area contributed by atoms with Crippen molar-refractivity contribution in [1.29, 1.82) is 0 Å². The second-order valence-electron chi connectivity index (χ2n) is 1.72. The molecule has 1 aromatic heterocycles. The Labute approximate surface area is 63.8 Å². The van der Waals surface area contributed by atoms with E-state index in [2.05, 4.69) is 17.9 Å². The van der Waals surface area contributed by atoms with Crippen LogP contribution in [-0.2, 0) is 0 Å². The molecule has 0 bridgehead atoms. The van der Waals surface area contributed by atoms with E-state index in [1.807, 2.05) is 0 Å². The van der Waals surface area contributed by atoms with Crippen molar-refractivity contribution in [3.8, 4) is 0 Å². The lowest BCUT2D eigenvalue weighted by Gasteiger charge is -1.89. The topological polar surface area (TPSA) is 42.2 Å². The van der Waals surface area contributed by atoms with Crippen molar-refractivity contribution in [2.75, 3.05) is 12.4 Å². The molecule has 0 spiro atoms. The quantitative estimate of drug-likeness (QED) is 0.637. The zero-order valence-electron chi connectivity index (χ0n) is 5.42. The average Bonchev–Trinajstić information content (AvgIpc) is 2.34. The van der Waals surface area contributed by atoms with E-state index in [1.54, 1.807) is 19.2 Å². The monoisotopic (exact) mass is 157 g/mol. The van der Waals surface area contributed by atoms with Gasteiger partial charge in [0.25, 0.3) is 5.12 Å². The number of nitrogens with one attached hydrogen (secondary N) is 1. The Bertz CT molecular complexity index is 244. The van der Waals surface area contributed by atoms with Gasteiger partial charge in [-0.05, 0) is 6.07 Å². The maximum atomic E-state index is 10.5. The first-order chi connectivity index (χ1) is 4.74. The SMILES string of the molecule is CNc1ccc(C(=O)S)o1. The lowest BCUT2D eigenvalue weighted by molar-refractivity contribution is 0.106. The highest BCUT2D eigenvalue weighted by Crippen LogP contribution is 2.13. The maximum absolute atomic E-state index is 10.5. The number of anilines is 1. The highest BCUT2D eigenvalue weighted by atomic mass is 32.1. The number of hydrogen-bond acceptors (Lipinski definition) is 3. The molecule has 0 aliphatic carbocycles. The summed E-state index contributed by atoms with van der Waals surface area (Å²) in [7, 11) is 1.71. The maximum Gasteiger partial charge on any atom is 0.251 e. The summed E-state index contributed by atoms with van der Waals surface area (Å²) in [6.07, 6.45) is 0. The van der Waals surface area contributed by atoms with Crippen LogP contribution in [0.15, 0.2) is 16.5 Å². The van der Waals surface area contributed by atoms with Gasteiger partial charge in [-0.15, -0.1) is 0 Å². The van der Waals surface area contributed by atoms with E-state index in [9.17, 15) is 4.79 Å². The van der Waals surface area contributed by atoms with Crippen LogP contribution < -0.4 is 5.32 Å². The zero-order valence-corrected chi connectivity index (χ0v) is 6.31. The summed E-state index contributed by atoms with van der Waals surface area (Å²) in [6, 6.07) is 3.24. The standard InChI is InChI=1S/C6H7NO2S/c1-7-5-3-2-4(9-5)6(8)10/h2-3,7H,1H3,(H,8,10). The predicted octanol–water partition coefficient (Wildman–Crippen LogP) is 1.39. The third-order valence-electron chi connectivity index (χ3n) is 1.06. The minimum atomic E-state index is -0.360. The van der Waals surface area contributed by atoms with E-state index in [1.165, 1.54) is 0 Å². The van der Waals surface area contributed by atoms with Gasteiger partial charge in [-0.1, -0.05) is 12.6 Å². The molecule has 0 amide bonds. The Morgan fingerprint density at radius 2 is 2.40 bits per heavy atom. The third-order valence-corrected chi connectivity index (χ3v) is 1.28. The molecule has 0 atom stereocenters. The number of furan rings is 1. The Kier molecular flexibility index (Phi) is 2.01. The van der Waals surface area contributed by atoms with Crippen LogP contribution in [0.3, 0.4) is 0 Å². The molecular formula is C6H7NO2S. The van der Waals surface area contributed by atoms with Gasteiger partial charge in [-0.2, -0.15) is 0 Å². The molecule has 0 aliphatic heterocycles. The molecule has 0 unspecified atom stereocenters. The van der Waals surface area contributed by atoms with E-state index >= 15 is 0 Å². The van der Waals surface area contributed by atoms with Gasteiger partial charge in [0.15, 0.2) is 11.6 Å². The molecule has 10 heavy (non-hydrogen) atoms. The van der Waals surface area contributed by atoms with Crippen LogP contribution in [0.4, 0.5) is 5.88 Å². The van der Waals surface area contributed by atoms with E-state index in [4.69, 9.17) is 4.42 Å². The van der Waals surface area contributed by atoms with Gasteiger partial charge < -0.3 is 9.73 Å². The first-order valence-corrected chi connectivity index (χ1v) is 3.19. The van der Waals surface area contributed by atoms with Crippen molar-refractivity contribution in [3.05, 3.63) is 17.9 Å². The second-order valence-corrected chi connectivity index (χ2v) is 2.13. The fourth-order valence-electron chi connectivity index (χ4n) is 0.587. The number of rotatable bonds is 2. The molecule has 1 rings (SSSR count). The fourth-order valence-corrected chi connectivity index (χ4v) is 0.707. The molecule has 0 fully saturated rings. The Morgan fingerprint density at radius 1 is 1.70 bits per heavy atom. The number of carbonyl (C=O) groups is 1. The van der Waals surface area contributed by atoms with Crippen molar-refractivity contribution < 1.29 is 9.21 Å². The van der Waals surface area contributed by atoms with Gasteiger partial charge in [0.05, 0.1) is 0 Å². The molecule has 0 radical (unpaired) electrons. The van der Waals surface area contributed by atoms with E-state index in [0.717, 1.165) is 0 Å². The summed E-state index contributed by atoms with van der Waals surface area (Å²) in [5.74, 6) is 0.824. The molecule has 54 valence electrons. The van der Waals surface area contributed by atoms with Gasteiger partial charge in [-0.25, -0.2) is 0 Å². The van der Waals surface area contributed by atoms with Crippen molar-refractivity contribution in [2.24, 2.45) is 0 Å². The van der Waals surface area contributed by atoms with Crippen LogP contribution >= 0.6 is 12.6 Å². The summed E-state index contributed by atoms with van der Waals surface area (Å²) in [4.78, 5) is 10.5. The van der Waals surface area contributed by atoms with Crippen LogP contribution in [0, 0.1) is 0 Å². The summed E-state index contributed by atoms with van der Waals surface area (Å²) in [5, 5.41) is 2.39. The van der Waals surface area contributed by atoms with Gasteiger partial charge in [0.1, 0.15) is 0 Å². The van der Waals surface area contributed by atoms with Gasteiger partial charge >= 0.3 is 0 Å². The van der Waals surface area contributed by atoms with Crippen LogP contribution in [0.2, 0.25) is 0 Å².